The number of ether oxygens (including phenoxy) is 1. The van der Waals surface area contributed by atoms with E-state index in [2.05, 4.69) is 6.67 Å². The SMILES string of the molecule is CCOC(=O)C1=CN(C)[C+]N1C(C)c1ccccc1.[I-]. The quantitative estimate of drug-likeness (QED) is 0.394. The highest BCUT2D eigenvalue weighted by Gasteiger charge is 2.43. The van der Waals surface area contributed by atoms with Crippen molar-refractivity contribution in [1.82, 2.24) is 9.80 Å². The Morgan fingerprint density at radius 2 is 2.00 bits per heavy atom. The van der Waals surface area contributed by atoms with Crippen LogP contribution in [-0.2, 0) is 9.53 Å². The van der Waals surface area contributed by atoms with Crippen molar-refractivity contribution in [3.8, 4) is 0 Å². The third kappa shape index (κ3) is 3.59. The summed E-state index contributed by atoms with van der Waals surface area (Å²) in [6.45, 7) is 7.32. The van der Waals surface area contributed by atoms with Gasteiger partial charge in [-0.15, -0.1) is 9.80 Å². The highest BCUT2D eigenvalue weighted by molar-refractivity contribution is 5.88. The van der Waals surface area contributed by atoms with Gasteiger partial charge in [0.2, 0.25) is 0 Å². The summed E-state index contributed by atoms with van der Waals surface area (Å²) in [5.74, 6) is -0.317. The maximum Gasteiger partial charge on any atom is 0.565 e. The molecule has 20 heavy (non-hydrogen) atoms. The first-order valence-corrected chi connectivity index (χ1v) is 6.35. The summed E-state index contributed by atoms with van der Waals surface area (Å²) >= 11 is 0. The number of halogens is 1. The van der Waals surface area contributed by atoms with Gasteiger partial charge >= 0.3 is 12.6 Å². The molecule has 0 aromatic heterocycles. The molecule has 1 radical (unpaired) electrons. The minimum atomic E-state index is -0.317. The van der Waals surface area contributed by atoms with Crippen LogP contribution in [0.2, 0.25) is 0 Å². The summed E-state index contributed by atoms with van der Waals surface area (Å²) in [6, 6.07) is 10.0. The molecule has 4 nitrogen and oxygen atoms in total. The number of benzene rings is 1. The zero-order valence-electron chi connectivity index (χ0n) is 11.8. The molecule has 0 spiro atoms. The molecule has 1 atom stereocenters. The molecule has 1 aliphatic heterocycles. The van der Waals surface area contributed by atoms with Crippen molar-refractivity contribution in [2.75, 3.05) is 13.7 Å². The van der Waals surface area contributed by atoms with Crippen LogP contribution in [0.15, 0.2) is 42.2 Å². The lowest BCUT2D eigenvalue weighted by atomic mass is 10.1. The van der Waals surface area contributed by atoms with Crippen molar-refractivity contribution >= 4 is 5.97 Å². The van der Waals surface area contributed by atoms with Crippen molar-refractivity contribution in [1.29, 1.82) is 0 Å². The first-order chi connectivity index (χ1) is 9.13. The van der Waals surface area contributed by atoms with E-state index in [0.717, 1.165) is 5.56 Å². The Kier molecular flexibility index (Phi) is 6.19. The lowest BCUT2D eigenvalue weighted by Crippen LogP contribution is -3.00. The Morgan fingerprint density at radius 3 is 2.60 bits per heavy atom. The fourth-order valence-corrected chi connectivity index (χ4v) is 2.03. The first kappa shape index (κ1) is 16.7. The van der Waals surface area contributed by atoms with Crippen LogP contribution in [0.1, 0.15) is 25.5 Å². The third-order valence-electron chi connectivity index (χ3n) is 2.99. The molecule has 0 saturated heterocycles. The van der Waals surface area contributed by atoms with Crippen molar-refractivity contribution < 1.29 is 33.5 Å². The summed E-state index contributed by atoms with van der Waals surface area (Å²) in [5, 5.41) is 0. The number of carbonyl (C=O) groups is 1. The van der Waals surface area contributed by atoms with E-state index in [1.165, 1.54) is 0 Å². The lowest BCUT2D eigenvalue weighted by Gasteiger charge is -2.17. The molecule has 1 aromatic carbocycles. The molecule has 5 heteroatoms. The smallest absolute Gasteiger partial charge is 0.565 e. The van der Waals surface area contributed by atoms with Crippen molar-refractivity contribution in [3.63, 3.8) is 0 Å². The molecule has 1 unspecified atom stereocenters. The Bertz CT molecular complexity index is 476. The molecule has 107 valence electrons. The molecule has 0 aliphatic carbocycles. The Hall–Kier alpha value is -1.37. The number of carbonyl (C=O) groups excluding carboxylic acids is 1. The maximum atomic E-state index is 11.9. The predicted octanol–water partition coefficient (Wildman–Crippen LogP) is -0.600. The van der Waals surface area contributed by atoms with E-state index in [9.17, 15) is 4.79 Å². The zero-order valence-corrected chi connectivity index (χ0v) is 14.0. The van der Waals surface area contributed by atoms with Gasteiger partial charge in [-0.3, -0.25) is 0 Å². The molecule has 0 amide bonds. The van der Waals surface area contributed by atoms with Crippen LogP contribution in [-0.4, -0.2) is 29.4 Å². The lowest BCUT2D eigenvalue weighted by molar-refractivity contribution is -0.140. The minimum Gasteiger partial charge on any atom is -1.00 e. The number of rotatable bonds is 4. The monoisotopic (exact) mass is 385 g/mol. The van der Waals surface area contributed by atoms with Gasteiger partial charge in [0.05, 0.1) is 19.9 Å². The average Bonchev–Trinajstić information content (AvgIpc) is 2.81. The second-order valence-corrected chi connectivity index (χ2v) is 4.40. The van der Waals surface area contributed by atoms with Gasteiger partial charge < -0.3 is 28.7 Å². The van der Waals surface area contributed by atoms with E-state index in [4.69, 9.17) is 4.74 Å². The van der Waals surface area contributed by atoms with Gasteiger partial charge in [-0.1, -0.05) is 30.3 Å². The van der Waals surface area contributed by atoms with Crippen molar-refractivity contribution in [2.24, 2.45) is 0 Å². The third-order valence-corrected chi connectivity index (χ3v) is 2.99. The second kappa shape index (κ2) is 7.42. The summed E-state index contributed by atoms with van der Waals surface area (Å²) in [7, 11) is 1.84. The van der Waals surface area contributed by atoms with Crippen LogP contribution in [0.3, 0.4) is 0 Å². The van der Waals surface area contributed by atoms with Gasteiger partial charge in [-0.25, -0.2) is 4.79 Å². The van der Waals surface area contributed by atoms with Crippen LogP contribution in [0.5, 0.6) is 0 Å². The molecule has 1 heterocycles. The molecule has 1 aliphatic rings. The molecule has 2 rings (SSSR count). The number of nitrogens with zero attached hydrogens (tertiary/aromatic N) is 2. The number of hydrogen-bond acceptors (Lipinski definition) is 4. The van der Waals surface area contributed by atoms with Crippen LogP contribution in [0, 0.1) is 6.67 Å². The molecular weight excluding hydrogens is 367 g/mol. The van der Waals surface area contributed by atoms with Gasteiger partial charge in [-0.05, 0) is 19.4 Å². The predicted molar refractivity (Wildman–Crippen MR) is 72.4 cm³/mol. The highest BCUT2D eigenvalue weighted by Crippen LogP contribution is 2.30. The van der Waals surface area contributed by atoms with Gasteiger partial charge in [-0.2, -0.15) is 0 Å². The second-order valence-electron chi connectivity index (χ2n) is 4.40. The number of hydrogen-bond donors (Lipinski definition) is 0. The maximum absolute atomic E-state index is 11.9. The van der Waals surface area contributed by atoms with Crippen molar-refractivity contribution in [2.45, 2.75) is 19.9 Å². The molecule has 0 fully saturated rings. The summed E-state index contributed by atoms with van der Waals surface area (Å²) in [5.41, 5.74) is 1.64. The largest absolute Gasteiger partial charge is 1.00 e. The Morgan fingerprint density at radius 1 is 1.35 bits per heavy atom. The van der Waals surface area contributed by atoms with Crippen molar-refractivity contribution in [3.05, 3.63) is 54.5 Å². The van der Waals surface area contributed by atoms with Crippen LogP contribution in [0.25, 0.3) is 0 Å². The molecule has 0 saturated carbocycles. The molecule has 1 aromatic rings. The fraction of sp³-hybridized carbons (Fsp3) is 0.333. The van der Waals surface area contributed by atoms with Gasteiger partial charge in [0.1, 0.15) is 6.04 Å². The Balaban J connectivity index is 0.00000200. The standard InChI is InChI=1S/C15H18N2O2.HI/c1-4-19-15(18)14-10-16(3)11-17(14)12(2)13-8-6-5-7-9-13;/h5-10,12H,4H2,1-3H3;1H/q+1;/p-1. The topological polar surface area (TPSA) is 32.8 Å². The van der Waals surface area contributed by atoms with E-state index in [1.807, 2.05) is 49.2 Å². The number of esters is 1. The highest BCUT2D eigenvalue weighted by atomic mass is 127. The van der Waals surface area contributed by atoms with E-state index < -0.39 is 0 Å². The van der Waals surface area contributed by atoms with Crippen LogP contribution >= 0.6 is 0 Å². The van der Waals surface area contributed by atoms with E-state index in [-0.39, 0.29) is 36.0 Å². The summed E-state index contributed by atoms with van der Waals surface area (Å²) in [4.78, 5) is 15.5. The summed E-state index contributed by atoms with van der Waals surface area (Å²) < 4.78 is 5.07. The van der Waals surface area contributed by atoms with Gasteiger partial charge in [0.25, 0.3) is 0 Å². The molecular formula is C15H18IN2O2. The van der Waals surface area contributed by atoms with Gasteiger partial charge in [0, 0.05) is 0 Å². The molecule has 0 bridgehead atoms. The fourth-order valence-electron chi connectivity index (χ4n) is 2.03. The van der Waals surface area contributed by atoms with Gasteiger partial charge in [0.15, 0.2) is 5.70 Å². The van der Waals surface area contributed by atoms with Crippen LogP contribution in [0.4, 0.5) is 0 Å². The van der Waals surface area contributed by atoms with E-state index in [0.29, 0.717) is 12.3 Å². The normalized spacial score (nSPS) is 15.1. The van der Waals surface area contributed by atoms with Crippen LogP contribution < -0.4 is 24.0 Å². The zero-order chi connectivity index (χ0) is 13.8. The Labute approximate surface area is 137 Å². The minimum absolute atomic E-state index is 0. The summed E-state index contributed by atoms with van der Waals surface area (Å²) in [6.07, 6.45) is 1.73. The van der Waals surface area contributed by atoms with E-state index in [1.54, 1.807) is 18.0 Å². The average molecular weight is 385 g/mol. The van der Waals surface area contributed by atoms with E-state index >= 15 is 0 Å². The molecule has 0 N–H and O–H groups in total. The first-order valence-electron chi connectivity index (χ1n) is 6.35.